The van der Waals surface area contributed by atoms with Gasteiger partial charge in [-0.2, -0.15) is 0 Å². The van der Waals surface area contributed by atoms with E-state index in [-0.39, 0.29) is 23.1 Å². The van der Waals surface area contributed by atoms with Crippen LogP contribution in [0.3, 0.4) is 0 Å². The highest BCUT2D eigenvalue weighted by Gasteiger charge is 2.51. The van der Waals surface area contributed by atoms with Gasteiger partial charge in [-0.1, -0.05) is 35.9 Å². The highest BCUT2D eigenvalue weighted by molar-refractivity contribution is 5.97. The number of carbonyl (C=O) groups is 2. The van der Waals surface area contributed by atoms with Crippen molar-refractivity contribution in [1.82, 2.24) is 4.90 Å². The van der Waals surface area contributed by atoms with E-state index in [9.17, 15) is 9.59 Å². The molecule has 2 saturated heterocycles. The lowest BCUT2D eigenvalue weighted by Crippen LogP contribution is -2.42. The van der Waals surface area contributed by atoms with E-state index in [1.165, 1.54) is 0 Å². The molecule has 2 aromatic rings. The molecule has 0 saturated carbocycles. The Balaban J connectivity index is 1.56. The number of hydrogen-bond donors (Lipinski definition) is 1. The van der Waals surface area contributed by atoms with Crippen molar-refractivity contribution < 1.29 is 14.3 Å². The molecule has 0 aromatic heterocycles. The van der Waals surface area contributed by atoms with Crippen LogP contribution in [0.4, 0.5) is 5.69 Å². The normalized spacial score (nSPS) is 20.9. The Morgan fingerprint density at radius 1 is 1.04 bits per heavy atom. The third-order valence-electron chi connectivity index (χ3n) is 6.08. The smallest absolute Gasteiger partial charge is 0.253 e. The van der Waals surface area contributed by atoms with Crippen molar-refractivity contribution in [3.05, 3.63) is 65.7 Å². The van der Waals surface area contributed by atoms with Crippen LogP contribution >= 0.6 is 0 Å². The zero-order valence-corrected chi connectivity index (χ0v) is 16.2. The van der Waals surface area contributed by atoms with Crippen molar-refractivity contribution in [2.75, 3.05) is 31.6 Å². The molecule has 4 rings (SSSR count). The van der Waals surface area contributed by atoms with Gasteiger partial charge in [-0.05, 0) is 44.0 Å². The van der Waals surface area contributed by atoms with Crippen molar-refractivity contribution in [3.8, 4) is 0 Å². The number of aryl methyl sites for hydroxylation is 1. The van der Waals surface area contributed by atoms with Gasteiger partial charge in [0.15, 0.2) is 0 Å². The van der Waals surface area contributed by atoms with E-state index in [2.05, 4.69) is 5.32 Å². The summed E-state index contributed by atoms with van der Waals surface area (Å²) >= 11 is 0. The van der Waals surface area contributed by atoms with Crippen LogP contribution < -0.4 is 5.32 Å². The van der Waals surface area contributed by atoms with Crippen molar-refractivity contribution >= 4 is 17.5 Å². The van der Waals surface area contributed by atoms with E-state index in [4.69, 9.17) is 4.74 Å². The monoisotopic (exact) mass is 378 g/mol. The third kappa shape index (κ3) is 3.67. The minimum absolute atomic E-state index is 0.000813. The number of hydrogen-bond acceptors (Lipinski definition) is 3. The topological polar surface area (TPSA) is 58.6 Å². The first-order valence-corrected chi connectivity index (χ1v) is 9.87. The van der Waals surface area contributed by atoms with Gasteiger partial charge in [0, 0.05) is 43.0 Å². The Kier molecular flexibility index (Phi) is 5.18. The fourth-order valence-electron chi connectivity index (χ4n) is 4.40. The number of benzene rings is 2. The molecule has 0 unspecified atom stereocenters. The van der Waals surface area contributed by atoms with Crippen LogP contribution in [-0.2, 0) is 9.53 Å². The summed E-state index contributed by atoms with van der Waals surface area (Å²) in [7, 11) is 0. The molecule has 5 heteroatoms. The minimum atomic E-state index is -0.231. The number of anilines is 1. The first kappa shape index (κ1) is 18.7. The number of nitrogens with zero attached hydrogens (tertiary/aromatic N) is 1. The summed E-state index contributed by atoms with van der Waals surface area (Å²) in [6.45, 7) is 4.34. The summed E-state index contributed by atoms with van der Waals surface area (Å²) in [5, 5.41) is 3.04. The standard InChI is InChI=1S/C23H26N2O3/c1-17-7-9-18(10-8-17)22(27)25-15-20(23(16-25)11-13-28-14-12-23)21(26)24-19-5-3-2-4-6-19/h2-10,20H,11-16H2,1H3,(H,24,26)/t20-/m1/s1. The molecule has 2 amide bonds. The second-order valence-corrected chi connectivity index (χ2v) is 7.93. The molecular weight excluding hydrogens is 352 g/mol. The summed E-state index contributed by atoms with van der Waals surface area (Å²) in [6, 6.07) is 17.1. The molecule has 2 heterocycles. The Bertz CT molecular complexity index is 842. The van der Waals surface area contributed by atoms with Gasteiger partial charge in [-0.25, -0.2) is 0 Å². The van der Waals surface area contributed by atoms with Crippen LogP contribution in [0.25, 0.3) is 0 Å². The van der Waals surface area contributed by atoms with E-state index >= 15 is 0 Å². The predicted molar refractivity (Wildman–Crippen MR) is 108 cm³/mol. The number of likely N-dealkylation sites (tertiary alicyclic amines) is 1. The predicted octanol–water partition coefficient (Wildman–Crippen LogP) is 3.50. The number of carbonyl (C=O) groups excluding carboxylic acids is 2. The summed E-state index contributed by atoms with van der Waals surface area (Å²) < 4.78 is 5.56. The lowest BCUT2D eigenvalue weighted by Gasteiger charge is -2.37. The maximum absolute atomic E-state index is 13.1. The summed E-state index contributed by atoms with van der Waals surface area (Å²) in [4.78, 5) is 28.1. The van der Waals surface area contributed by atoms with Crippen molar-refractivity contribution in [3.63, 3.8) is 0 Å². The summed E-state index contributed by atoms with van der Waals surface area (Å²) in [5.74, 6) is -0.237. The maximum Gasteiger partial charge on any atom is 0.253 e. The van der Waals surface area contributed by atoms with E-state index in [0.717, 1.165) is 24.1 Å². The Hall–Kier alpha value is -2.66. The molecule has 2 fully saturated rings. The van der Waals surface area contributed by atoms with Crippen LogP contribution in [0.1, 0.15) is 28.8 Å². The van der Waals surface area contributed by atoms with E-state index in [0.29, 0.717) is 31.9 Å². The van der Waals surface area contributed by atoms with Gasteiger partial charge in [0.05, 0.1) is 5.92 Å². The molecular formula is C23H26N2O3. The zero-order valence-electron chi connectivity index (χ0n) is 16.2. The zero-order chi connectivity index (χ0) is 19.6. The molecule has 1 spiro atoms. The van der Waals surface area contributed by atoms with E-state index < -0.39 is 0 Å². The fourth-order valence-corrected chi connectivity index (χ4v) is 4.40. The number of nitrogens with one attached hydrogen (secondary N) is 1. The summed E-state index contributed by atoms with van der Waals surface area (Å²) in [5.41, 5.74) is 2.38. The van der Waals surface area contributed by atoms with Crippen LogP contribution in [0.5, 0.6) is 0 Å². The quantitative estimate of drug-likeness (QED) is 0.889. The van der Waals surface area contributed by atoms with Crippen molar-refractivity contribution in [2.45, 2.75) is 19.8 Å². The van der Waals surface area contributed by atoms with Gasteiger partial charge >= 0.3 is 0 Å². The maximum atomic E-state index is 13.1. The van der Waals surface area contributed by atoms with Gasteiger partial charge in [0.2, 0.25) is 5.91 Å². The highest BCUT2D eigenvalue weighted by Crippen LogP contribution is 2.45. The van der Waals surface area contributed by atoms with Gasteiger partial charge < -0.3 is 15.0 Å². The number of rotatable bonds is 3. The van der Waals surface area contributed by atoms with Gasteiger partial charge in [0.1, 0.15) is 0 Å². The van der Waals surface area contributed by atoms with Gasteiger partial charge in [-0.15, -0.1) is 0 Å². The number of para-hydroxylation sites is 1. The van der Waals surface area contributed by atoms with Crippen LogP contribution in [0, 0.1) is 18.3 Å². The average molecular weight is 378 g/mol. The van der Waals surface area contributed by atoms with Crippen molar-refractivity contribution in [2.24, 2.45) is 11.3 Å². The molecule has 0 bridgehead atoms. The molecule has 1 N–H and O–H groups in total. The largest absolute Gasteiger partial charge is 0.381 e. The van der Waals surface area contributed by atoms with E-state index in [1.54, 1.807) is 0 Å². The second-order valence-electron chi connectivity index (χ2n) is 7.93. The Morgan fingerprint density at radius 2 is 1.71 bits per heavy atom. The molecule has 2 aromatic carbocycles. The van der Waals surface area contributed by atoms with Crippen LogP contribution in [-0.4, -0.2) is 43.0 Å². The molecule has 0 radical (unpaired) electrons. The fraction of sp³-hybridized carbons (Fsp3) is 0.391. The third-order valence-corrected chi connectivity index (χ3v) is 6.08. The molecule has 5 nitrogen and oxygen atoms in total. The number of amides is 2. The van der Waals surface area contributed by atoms with Crippen molar-refractivity contribution in [1.29, 1.82) is 0 Å². The molecule has 0 aliphatic carbocycles. The van der Waals surface area contributed by atoms with Gasteiger partial charge in [0.25, 0.3) is 5.91 Å². The first-order valence-electron chi connectivity index (χ1n) is 9.87. The van der Waals surface area contributed by atoms with Crippen LogP contribution in [0.15, 0.2) is 54.6 Å². The van der Waals surface area contributed by atoms with E-state index in [1.807, 2.05) is 66.4 Å². The molecule has 2 aliphatic rings. The average Bonchev–Trinajstić information content (AvgIpc) is 3.08. The molecule has 146 valence electrons. The minimum Gasteiger partial charge on any atom is -0.381 e. The molecule has 28 heavy (non-hydrogen) atoms. The van der Waals surface area contributed by atoms with Gasteiger partial charge in [-0.3, -0.25) is 9.59 Å². The lowest BCUT2D eigenvalue weighted by atomic mass is 9.71. The molecule has 1 atom stereocenters. The Labute approximate surface area is 165 Å². The SMILES string of the molecule is Cc1ccc(C(=O)N2C[C@H](C(=O)Nc3ccccc3)C3(CCOCC3)C2)cc1. The summed E-state index contributed by atoms with van der Waals surface area (Å²) in [6.07, 6.45) is 1.61. The lowest BCUT2D eigenvalue weighted by molar-refractivity contribution is -0.124. The molecule has 2 aliphatic heterocycles. The Morgan fingerprint density at radius 3 is 2.39 bits per heavy atom. The number of ether oxygens (including phenoxy) is 1. The first-order chi connectivity index (χ1) is 13.6. The highest BCUT2D eigenvalue weighted by atomic mass is 16.5. The van der Waals surface area contributed by atoms with Crippen LogP contribution in [0.2, 0.25) is 0 Å². The second kappa shape index (κ2) is 7.76.